The summed E-state index contributed by atoms with van der Waals surface area (Å²) in [6.45, 7) is 7.08. The Hall–Kier alpha value is -0.870. The van der Waals surface area contributed by atoms with Crippen LogP contribution in [0.25, 0.3) is 0 Å². The Kier molecular flexibility index (Phi) is 15.4. The zero-order valence-electron chi connectivity index (χ0n) is 15.6. The lowest BCUT2D eigenvalue weighted by atomic mass is 10.1. The van der Waals surface area contributed by atoms with Crippen LogP contribution >= 0.6 is 0 Å². The van der Waals surface area contributed by atoms with Gasteiger partial charge in [0.25, 0.3) is 0 Å². The molecule has 1 amide bonds. The van der Waals surface area contributed by atoms with E-state index in [1.165, 1.54) is 6.42 Å². The summed E-state index contributed by atoms with van der Waals surface area (Å²) in [6.07, 6.45) is 13.3. The highest BCUT2D eigenvalue weighted by Crippen LogP contribution is 2.07. The number of allylic oxidation sites excluding steroid dienone is 1. The molecule has 0 aromatic carbocycles. The summed E-state index contributed by atoms with van der Waals surface area (Å²) in [4.78, 5) is 11.6. The van der Waals surface area contributed by atoms with Gasteiger partial charge in [-0.15, -0.1) is 0 Å². The number of rotatable bonds is 15. The smallest absolute Gasteiger partial charge is 0.243 e. The second kappa shape index (κ2) is 16.0. The molecule has 0 aromatic heterocycles. The Balaban J connectivity index is 3.48. The molecule has 1 unspecified atom stereocenters. The first kappa shape index (κ1) is 22.1. The van der Waals surface area contributed by atoms with Gasteiger partial charge in [0.2, 0.25) is 5.91 Å². The molecular formula is C19H37NO3. The minimum Gasteiger partial charge on any atom is -0.356 e. The molecule has 23 heavy (non-hydrogen) atoms. The van der Waals surface area contributed by atoms with Gasteiger partial charge in [0.1, 0.15) is 0 Å². The maximum atomic E-state index is 11.6. The largest absolute Gasteiger partial charge is 0.356 e. The number of amides is 1. The molecule has 0 aliphatic rings. The van der Waals surface area contributed by atoms with Gasteiger partial charge in [-0.25, -0.2) is 0 Å². The standard InChI is InChI=1S/C19H37NO3/c1-5-13-17(3)20-18(21)15-11-9-7-8-10-12-16-23-19(22-4)14-6-2/h11,15,17,19H,5-10,12-14,16H2,1-4H3,(H,20,21)/b15-11+/t17-,19?/m0/s1. The second-order valence-electron chi connectivity index (χ2n) is 6.13. The molecule has 0 rings (SSSR count). The number of ether oxygens (including phenoxy) is 2. The van der Waals surface area contributed by atoms with Crippen molar-refractivity contribution in [3.05, 3.63) is 12.2 Å². The zero-order valence-corrected chi connectivity index (χ0v) is 15.6. The van der Waals surface area contributed by atoms with Crippen LogP contribution in [-0.4, -0.2) is 32.0 Å². The fourth-order valence-electron chi connectivity index (χ4n) is 2.42. The number of hydrogen-bond donors (Lipinski definition) is 1. The van der Waals surface area contributed by atoms with E-state index in [2.05, 4.69) is 19.2 Å². The Morgan fingerprint density at radius 3 is 2.43 bits per heavy atom. The van der Waals surface area contributed by atoms with E-state index in [0.29, 0.717) is 0 Å². The van der Waals surface area contributed by atoms with Gasteiger partial charge in [-0.3, -0.25) is 4.79 Å². The molecule has 2 atom stereocenters. The van der Waals surface area contributed by atoms with Crippen molar-refractivity contribution in [3.63, 3.8) is 0 Å². The number of nitrogens with one attached hydrogen (secondary N) is 1. The predicted octanol–water partition coefficient (Wildman–Crippen LogP) is 4.59. The van der Waals surface area contributed by atoms with Crippen molar-refractivity contribution in [2.24, 2.45) is 0 Å². The molecule has 0 saturated carbocycles. The summed E-state index contributed by atoms with van der Waals surface area (Å²) in [5.41, 5.74) is 0. The Morgan fingerprint density at radius 1 is 1.09 bits per heavy atom. The van der Waals surface area contributed by atoms with Gasteiger partial charge in [-0.05, 0) is 45.1 Å². The Bertz CT molecular complexity index is 305. The van der Waals surface area contributed by atoms with Crippen LogP contribution in [0.2, 0.25) is 0 Å². The summed E-state index contributed by atoms with van der Waals surface area (Å²) in [5, 5.41) is 2.97. The van der Waals surface area contributed by atoms with Gasteiger partial charge in [0.05, 0.1) is 0 Å². The third kappa shape index (κ3) is 14.5. The quantitative estimate of drug-likeness (QED) is 0.272. The molecule has 136 valence electrons. The van der Waals surface area contributed by atoms with E-state index < -0.39 is 0 Å². The van der Waals surface area contributed by atoms with Crippen molar-refractivity contribution in [2.75, 3.05) is 13.7 Å². The third-order valence-corrected chi connectivity index (χ3v) is 3.74. The average molecular weight is 328 g/mol. The lowest BCUT2D eigenvalue weighted by molar-refractivity contribution is -0.128. The van der Waals surface area contributed by atoms with Crippen LogP contribution in [0.15, 0.2) is 12.2 Å². The first-order chi connectivity index (χ1) is 11.1. The number of unbranched alkanes of at least 4 members (excludes halogenated alkanes) is 4. The molecule has 0 saturated heterocycles. The average Bonchev–Trinajstić information content (AvgIpc) is 2.52. The van der Waals surface area contributed by atoms with Gasteiger partial charge < -0.3 is 14.8 Å². The van der Waals surface area contributed by atoms with E-state index in [-0.39, 0.29) is 18.2 Å². The van der Waals surface area contributed by atoms with E-state index in [0.717, 1.165) is 58.0 Å². The first-order valence-electron chi connectivity index (χ1n) is 9.25. The first-order valence-corrected chi connectivity index (χ1v) is 9.25. The SMILES string of the molecule is CCCC(OC)OCCCCCC/C=C/C(=O)N[C@@H](C)CCC. The molecule has 0 radical (unpaired) electrons. The highest BCUT2D eigenvalue weighted by Gasteiger charge is 2.04. The van der Waals surface area contributed by atoms with Gasteiger partial charge >= 0.3 is 0 Å². The van der Waals surface area contributed by atoms with Crippen LogP contribution in [0, 0.1) is 0 Å². The van der Waals surface area contributed by atoms with Crippen LogP contribution in [0.3, 0.4) is 0 Å². The molecule has 0 aliphatic heterocycles. The fraction of sp³-hybridized carbons (Fsp3) is 0.842. The molecule has 0 spiro atoms. The van der Waals surface area contributed by atoms with E-state index >= 15 is 0 Å². The number of carbonyl (C=O) groups is 1. The van der Waals surface area contributed by atoms with E-state index in [1.807, 2.05) is 13.0 Å². The van der Waals surface area contributed by atoms with E-state index in [4.69, 9.17) is 9.47 Å². The second-order valence-corrected chi connectivity index (χ2v) is 6.13. The fourth-order valence-corrected chi connectivity index (χ4v) is 2.42. The monoisotopic (exact) mass is 327 g/mol. The van der Waals surface area contributed by atoms with Crippen LogP contribution in [-0.2, 0) is 14.3 Å². The minimum atomic E-state index is -0.0449. The van der Waals surface area contributed by atoms with Crippen molar-refractivity contribution < 1.29 is 14.3 Å². The molecule has 0 fully saturated rings. The topological polar surface area (TPSA) is 47.6 Å². The van der Waals surface area contributed by atoms with Gasteiger partial charge in [-0.1, -0.05) is 45.6 Å². The Morgan fingerprint density at radius 2 is 1.78 bits per heavy atom. The normalized spacial score (nSPS) is 14.1. The van der Waals surface area contributed by atoms with Crippen LogP contribution in [0.1, 0.15) is 78.6 Å². The summed E-state index contributed by atoms with van der Waals surface area (Å²) < 4.78 is 10.9. The summed E-state index contributed by atoms with van der Waals surface area (Å²) in [7, 11) is 1.70. The van der Waals surface area contributed by atoms with Crippen LogP contribution in [0.4, 0.5) is 0 Å². The maximum absolute atomic E-state index is 11.6. The molecule has 0 aliphatic carbocycles. The number of methoxy groups -OCH3 is 1. The summed E-state index contributed by atoms with van der Waals surface area (Å²) in [6, 6.07) is 0.265. The third-order valence-electron chi connectivity index (χ3n) is 3.74. The minimum absolute atomic E-state index is 0.0286. The van der Waals surface area contributed by atoms with Crippen molar-refractivity contribution in [1.82, 2.24) is 5.32 Å². The molecule has 4 heteroatoms. The molecule has 4 nitrogen and oxygen atoms in total. The van der Waals surface area contributed by atoms with Gasteiger partial charge in [0, 0.05) is 19.8 Å². The zero-order chi connectivity index (χ0) is 17.3. The maximum Gasteiger partial charge on any atom is 0.243 e. The molecule has 0 bridgehead atoms. The van der Waals surface area contributed by atoms with Crippen molar-refractivity contribution in [3.8, 4) is 0 Å². The highest BCUT2D eigenvalue weighted by molar-refractivity contribution is 5.87. The van der Waals surface area contributed by atoms with Gasteiger partial charge in [0.15, 0.2) is 6.29 Å². The van der Waals surface area contributed by atoms with Crippen molar-refractivity contribution in [2.45, 2.75) is 90.9 Å². The predicted molar refractivity (Wildman–Crippen MR) is 96.4 cm³/mol. The van der Waals surface area contributed by atoms with Crippen LogP contribution in [0.5, 0.6) is 0 Å². The molecule has 0 aromatic rings. The van der Waals surface area contributed by atoms with Crippen molar-refractivity contribution >= 4 is 5.91 Å². The number of hydrogen-bond acceptors (Lipinski definition) is 3. The molecule has 1 N–H and O–H groups in total. The summed E-state index contributed by atoms with van der Waals surface area (Å²) >= 11 is 0. The van der Waals surface area contributed by atoms with E-state index in [9.17, 15) is 4.79 Å². The lowest BCUT2D eigenvalue weighted by Crippen LogP contribution is -2.30. The number of carbonyl (C=O) groups excluding carboxylic acids is 1. The van der Waals surface area contributed by atoms with E-state index in [1.54, 1.807) is 13.2 Å². The Labute approximate surface area is 143 Å². The summed E-state index contributed by atoms with van der Waals surface area (Å²) in [5.74, 6) is 0.0286. The molecular weight excluding hydrogens is 290 g/mol. The van der Waals surface area contributed by atoms with Crippen molar-refractivity contribution in [1.29, 1.82) is 0 Å². The lowest BCUT2D eigenvalue weighted by Gasteiger charge is -2.14. The van der Waals surface area contributed by atoms with Crippen LogP contribution < -0.4 is 5.32 Å². The highest BCUT2D eigenvalue weighted by atomic mass is 16.7. The molecule has 0 heterocycles. The van der Waals surface area contributed by atoms with Gasteiger partial charge in [-0.2, -0.15) is 0 Å².